The van der Waals surface area contributed by atoms with Crippen LogP contribution in [0.1, 0.15) is 20.8 Å². The molecule has 0 radical (unpaired) electrons. The van der Waals surface area contributed by atoms with Crippen molar-refractivity contribution in [2.24, 2.45) is 0 Å². The number of benzene rings is 1. The maximum atomic E-state index is 14.5. The van der Waals surface area contributed by atoms with E-state index in [1.54, 1.807) is 6.07 Å². The Bertz CT molecular complexity index is 734. The second-order valence-corrected chi connectivity index (χ2v) is 5.85. The minimum Gasteiger partial charge on any atom is -0.433 e. The fourth-order valence-electron chi connectivity index (χ4n) is 2.46. The normalized spacial score (nSPS) is 13.7. The molecule has 122 valence electrons. The summed E-state index contributed by atoms with van der Waals surface area (Å²) in [5.74, 6) is -1.38. The van der Waals surface area contributed by atoms with Crippen LogP contribution in [-0.4, -0.2) is 19.1 Å². The number of carbonyl (C=O) groups is 1. The lowest BCUT2D eigenvalue weighted by molar-refractivity contribution is -0.0498. The molecule has 0 bridgehead atoms. The van der Waals surface area contributed by atoms with Crippen molar-refractivity contribution in [3.05, 3.63) is 45.4 Å². The molecular weight excluding hydrogens is 329 g/mol. The summed E-state index contributed by atoms with van der Waals surface area (Å²) in [5, 5.41) is 7.02. The molecule has 1 amide bonds. The van der Waals surface area contributed by atoms with E-state index < -0.39 is 18.3 Å². The Morgan fingerprint density at radius 1 is 1.35 bits per heavy atom. The zero-order valence-electron chi connectivity index (χ0n) is 11.9. The van der Waals surface area contributed by atoms with Gasteiger partial charge in [-0.05, 0) is 41.6 Å². The first kappa shape index (κ1) is 15.8. The van der Waals surface area contributed by atoms with Crippen LogP contribution < -0.4 is 15.4 Å². The van der Waals surface area contributed by atoms with Gasteiger partial charge >= 0.3 is 6.61 Å². The van der Waals surface area contributed by atoms with Crippen molar-refractivity contribution in [1.29, 1.82) is 0 Å². The van der Waals surface area contributed by atoms with Gasteiger partial charge in [0, 0.05) is 6.54 Å². The van der Waals surface area contributed by atoms with Crippen LogP contribution >= 0.6 is 11.3 Å². The summed E-state index contributed by atoms with van der Waals surface area (Å²) < 4.78 is 43.4. The summed E-state index contributed by atoms with van der Waals surface area (Å²) in [6.45, 7) is -1.78. The molecule has 1 aliphatic heterocycles. The molecule has 0 aliphatic carbocycles. The predicted octanol–water partition coefficient (Wildman–Crippen LogP) is 3.39. The van der Waals surface area contributed by atoms with Gasteiger partial charge in [-0.3, -0.25) is 4.79 Å². The van der Waals surface area contributed by atoms with Gasteiger partial charge < -0.3 is 15.4 Å². The van der Waals surface area contributed by atoms with E-state index in [0.717, 1.165) is 16.9 Å². The molecule has 3 rings (SSSR count). The molecule has 0 spiro atoms. The number of rotatable bonds is 4. The fraction of sp³-hybridized carbons (Fsp3) is 0.267. The number of hydrogen-bond donors (Lipinski definition) is 2. The highest BCUT2D eigenvalue weighted by molar-refractivity contribution is 7.12. The van der Waals surface area contributed by atoms with Crippen LogP contribution in [0.3, 0.4) is 0 Å². The van der Waals surface area contributed by atoms with Crippen molar-refractivity contribution in [2.45, 2.75) is 19.6 Å². The zero-order chi connectivity index (χ0) is 16.4. The monoisotopic (exact) mass is 342 g/mol. The van der Waals surface area contributed by atoms with Crippen LogP contribution in [0.5, 0.6) is 5.75 Å². The Kier molecular flexibility index (Phi) is 4.53. The molecule has 8 heteroatoms. The van der Waals surface area contributed by atoms with Crippen LogP contribution in [0.25, 0.3) is 0 Å². The van der Waals surface area contributed by atoms with Gasteiger partial charge in [-0.15, -0.1) is 11.3 Å². The summed E-state index contributed by atoms with van der Waals surface area (Å²) in [5.41, 5.74) is 1.45. The Hall–Kier alpha value is -2.06. The fourth-order valence-corrected chi connectivity index (χ4v) is 3.18. The topological polar surface area (TPSA) is 50.4 Å². The molecule has 0 saturated heterocycles. The van der Waals surface area contributed by atoms with E-state index in [1.807, 2.05) is 0 Å². The summed E-state index contributed by atoms with van der Waals surface area (Å²) in [6.07, 6.45) is 0.531. The van der Waals surface area contributed by atoms with E-state index in [9.17, 15) is 18.0 Å². The number of halogens is 3. The molecule has 1 aromatic carbocycles. The molecule has 0 atom stereocenters. The van der Waals surface area contributed by atoms with E-state index in [4.69, 9.17) is 0 Å². The first-order valence-corrected chi connectivity index (χ1v) is 7.79. The smallest absolute Gasteiger partial charge is 0.387 e. The molecule has 23 heavy (non-hydrogen) atoms. The summed E-state index contributed by atoms with van der Waals surface area (Å²) in [6, 6.07) is 4.49. The molecule has 0 fully saturated rings. The van der Waals surface area contributed by atoms with Crippen molar-refractivity contribution >= 4 is 22.9 Å². The highest BCUT2D eigenvalue weighted by Crippen LogP contribution is 2.29. The van der Waals surface area contributed by atoms with Crippen LogP contribution in [0.15, 0.2) is 23.6 Å². The number of fused-ring (bicyclic) bond motifs is 1. The molecule has 2 N–H and O–H groups in total. The minimum atomic E-state index is -3.02. The maximum Gasteiger partial charge on any atom is 0.387 e. The molecule has 1 aliphatic rings. The third-order valence-electron chi connectivity index (χ3n) is 3.51. The van der Waals surface area contributed by atoms with Crippen LogP contribution in [-0.2, 0) is 13.0 Å². The molecular formula is C15H13F3N2O2S. The first-order chi connectivity index (χ1) is 11.1. The lowest BCUT2D eigenvalue weighted by Crippen LogP contribution is -2.25. The van der Waals surface area contributed by atoms with Crippen molar-refractivity contribution in [1.82, 2.24) is 5.32 Å². The highest BCUT2D eigenvalue weighted by Gasteiger charge is 2.21. The van der Waals surface area contributed by atoms with E-state index in [1.165, 1.54) is 17.5 Å². The SMILES string of the molecule is O=C(Nc1ccc2c(c1F)CCNC2)c1sccc1OC(F)F. The lowest BCUT2D eigenvalue weighted by Gasteiger charge is -2.19. The van der Waals surface area contributed by atoms with Gasteiger partial charge in [0.25, 0.3) is 5.91 Å². The van der Waals surface area contributed by atoms with Crippen molar-refractivity contribution in [3.63, 3.8) is 0 Å². The molecule has 2 heterocycles. The number of ether oxygens (including phenoxy) is 1. The number of anilines is 1. The van der Waals surface area contributed by atoms with Crippen molar-refractivity contribution in [3.8, 4) is 5.75 Å². The number of carbonyl (C=O) groups excluding carboxylic acids is 1. The maximum absolute atomic E-state index is 14.5. The minimum absolute atomic E-state index is 0.0240. The summed E-state index contributed by atoms with van der Waals surface area (Å²) in [7, 11) is 0. The predicted molar refractivity (Wildman–Crippen MR) is 80.7 cm³/mol. The number of hydrogen-bond acceptors (Lipinski definition) is 4. The molecule has 2 aromatic rings. The quantitative estimate of drug-likeness (QED) is 0.896. The average Bonchev–Trinajstić information content (AvgIpc) is 2.98. The van der Waals surface area contributed by atoms with E-state index in [2.05, 4.69) is 15.4 Å². The van der Waals surface area contributed by atoms with Gasteiger partial charge in [0.15, 0.2) is 0 Å². The van der Waals surface area contributed by atoms with Crippen LogP contribution in [0, 0.1) is 5.82 Å². The Morgan fingerprint density at radius 2 is 2.17 bits per heavy atom. The third-order valence-corrected chi connectivity index (χ3v) is 4.40. The van der Waals surface area contributed by atoms with Crippen LogP contribution in [0.2, 0.25) is 0 Å². The number of nitrogens with one attached hydrogen (secondary N) is 2. The van der Waals surface area contributed by atoms with E-state index in [-0.39, 0.29) is 16.3 Å². The molecule has 0 unspecified atom stereocenters. The number of alkyl halides is 2. The van der Waals surface area contributed by atoms with Gasteiger partial charge in [0.05, 0.1) is 5.69 Å². The van der Waals surface area contributed by atoms with Gasteiger partial charge in [-0.25, -0.2) is 4.39 Å². The lowest BCUT2D eigenvalue weighted by atomic mass is 9.99. The van der Waals surface area contributed by atoms with Gasteiger partial charge in [-0.2, -0.15) is 8.78 Å². The van der Waals surface area contributed by atoms with Gasteiger partial charge in [-0.1, -0.05) is 6.07 Å². The molecule has 1 aromatic heterocycles. The standard InChI is InChI=1S/C15H13F3N2O2S/c16-12-9-3-5-19-7-8(9)1-2-10(12)20-14(21)13-11(4-6-23-13)22-15(17)18/h1-2,4,6,15,19H,3,5,7H2,(H,20,21). The second kappa shape index (κ2) is 6.59. The van der Waals surface area contributed by atoms with Crippen LogP contribution in [0.4, 0.5) is 18.9 Å². The zero-order valence-corrected chi connectivity index (χ0v) is 12.7. The Labute approximate surface area is 134 Å². The molecule has 0 saturated carbocycles. The summed E-state index contributed by atoms with van der Waals surface area (Å²) >= 11 is 0.951. The average molecular weight is 342 g/mol. The Morgan fingerprint density at radius 3 is 2.96 bits per heavy atom. The number of amides is 1. The van der Waals surface area contributed by atoms with Crippen molar-refractivity contribution in [2.75, 3.05) is 11.9 Å². The van der Waals surface area contributed by atoms with Gasteiger partial charge in [0.1, 0.15) is 16.4 Å². The Balaban J connectivity index is 1.82. The largest absolute Gasteiger partial charge is 0.433 e. The first-order valence-electron chi connectivity index (χ1n) is 6.91. The van der Waals surface area contributed by atoms with Crippen molar-refractivity contribution < 1.29 is 22.7 Å². The highest BCUT2D eigenvalue weighted by atomic mass is 32.1. The van der Waals surface area contributed by atoms with E-state index >= 15 is 0 Å². The second-order valence-electron chi connectivity index (χ2n) is 4.94. The van der Waals surface area contributed by atoms with E-state index in [0.29, 0.717) is 25.1 Å². The molecule has 4 nitrogen and oxygen atoms in total. The third kappa shape index (κ3) is 3.32. The summed E-state index contributed by atoms with van der Waals surface area (Å²) in [4.78, 5) is 12.2. The number of thiophene rings is 1. The van der Waals surface area contributed by atoms with Gasteiger partial charge in [0.2, 0.25) is 0 Å².